The van der Waals surface area contributed by atoms with Crippen molar-refractivity contribution in [1.29, 1.82) is 0 Å². The molecule has 21 heavy (non-hydrogen) atoms. The van der Waals surface area contributed by atoms with Gasteiger partial charge in [0.25, 0.3) is 0 Å². The van der Waals surface area contributed by atoms with Gasteiger partial charge in [0.2, 0.25) is 0 Å². The number of nitrogens with zero attached hydrogens (tertiary/aromatic N) is 2. The number of halogens is 2. The van der Waals surface area contributed by atoms with E-state index >= 15 is 0 Å². The van der Waals surface area contributed by atoms with Gasteiger partial charge >= 0.3 is 0 Å². The lowest BCUT2D eigenvalue weighted by Crippen LogP contribution is -2.05. The van der Waals surface area contributed by atoms with Crippen LogP contribution in [0.2, 0.25) is 0 Å². The van der Waals surface area contributed by atoms with Crippen molar-refractivity contribution in [3.63, 3.8) is 0 Å². The molecular weight excluding hydrogens is 372 g/mol. The standard InChI is InChI=1S/C15H14BrClN2OS/c1-20-10-2-3-12-13(8-10)19(15(18-12)4-6-17)9-14-11(16)5-7-21-14/h2-3,5,7-8H,4,6,9H2,1H3. The fourth-order valence-corrected chi connectivity index (χ4v) is 3.95. The van der Waals surface area contributed by atoms with Crippen molar-refractivity contribution in [2.24, 2.45) is 0 Å². The SMILES string of the molecule is COc1ccc2nc(CCCl)n(Cc3sccc3Br)c2c1. The van der Waals surface area contributed by atoms with E-state index in [0.29, 0.717) is 5.88 Å². The molecule has 0 unspecified atom stereocenters. The monoisotopic (exact) mass is 384 g/mol. The third-order valence-electron chi connectivity index (χ3n) is 3.35. The van der Waals surface area contributed by atoms with Gasteiger partial charge in [-0.05, 0) is 39.5 Å². The van der Waals surface area contributed by atoms with Crippen molar-refractivity contribution in [3.8, 4) is 5.75 Å². The van der Waals surface area contributed by atoms with Gasteiger partial charge in [0.15, 0.2) is 0 Å². The lowest BCUT2D eigenvalue weighted by molar-refractivity contribution is 0.415. The first-order valence-corrected chi connectivity index (χ1v) is 8.74. The molecule has 0 aliphatic rings. The van der Waals surface area contributed by atoms with Crippen molar-refractivity contribution >= 4 is 49.9 Å². The first-order chi connectivity index (χ1) is 10.2. The smallest absolute Gasteiger partial charge is 0.121 e. The van der Waals surface area contributed by atoms with Crippen molar-refractivity contribution in [3.05, 3.63) is 44.8 Å². The molecule has 0 aliphatic heterocycles. The summed E-state index contributed by atoms with van der Waals surface area (Å²) in [6.45, 7) is 0.786. The van der Waals surface area contributed by atoms with Gasteiger partial charge in [-0.3, -0.25) is 0 Å². The molecule has 0 atom stereocenters. The van der Waals surface area contributed by atoms with E-state index in [2.05, 4.69) is 31.9 Å². The number of thiophene rings is 1. The molecule has 0 N–H and O–H groups in total. The normalized spacial score (nSPS) is 11.2. The summed E-state index contributed by atoms with van der Waals surface area (Å²) >= 11 is 11.2. The Kier molecular flexibility index (Phi) is 4.52. The van der Waals surface area contributed by atoms with Crippen LogP contribution >= 0.6 is 38.9 Å². The molecular formula is C15H14BrClN2OS. The van der Waals surface area contributed by atoms with Crippen LogP contribution < -0.4 is 4.74 Å². The van der Waals surface area contributed by atoms with Crippen LogP contribution in [0.1, 0.15) is 10.7 Å². The fourth-order valence-electron chi connectivity index (χ4n) is 2.31. The Balaban J connectivity index is 2.12. The molecule has 0 amide bonds. The molecule has 6 heteroatoms. The largest absolute Gasteiger partial charge is 0.497 e. The van der Waals surface area contributed by atoms with Gasteiger partial charge in [-0.2, -0.15) is 0 Å². The summed E-state index contributed by atoms with van der Waals surface area (Å²) in [4.78, 5) is 5.97. The molecule has 0 spiro atoms. The lowest BCUT2D eigenvalue weighted by Gasteiger charge is -2.08. The zero-order chi connectivity index (χ0) is 14.8. The number of methoxy groups -OCH3 is 1. The van der Waals surface area contributed by atoms with Crippen LogP contribution in [0.4, 0.5) is 0 Å². The van der Waals surface area contributed by atoms with E-state index in [9.17, 15) is 0 Å². The summed E-state index contributed by atoms with van der Waals surface area (Å²) in [5.74, 6) is 2.41. The Labute approximate surface area is 140 Å². The van der Waals surface area contributed by atoms with Crippen molar-refractivity contribution in [2.45, 2.75) is 13.0 Å². The Morgan fingerprint density at radius 1 is 1.38 bits per heavy atom. The third-order valence-corrected chi connectivity index (χ3v) is 5.45. The average molecular weight is 386 g/mol. The van der Waals surface area contributed by atoms with Gasteiger partial charge in [0.1, 0.15) is 11.6 Å². The van der Waals surface area contributed by atoms with Crippen LogP contribution in [0.25, 0.3) is 11.0 Å². The van der Waals surface area contributed by atoms with Crippen LogP contribution in [0.15, 0.2) is 34.1 Å². The summed E-state index contributed by atoms with van der Waals surface area (Å²) in [6.07, 6.45) is 0.752. The zero-order valence-electron chi connectivity index (χ0n) is 11.5. The summed E-state index contributed by atoms with van der Waals surface area (Å²) in [6, 6.07) is 8.03. The highest BCUT2D eigenvalue weighted by atomic mass is 79.9. The summed E-state index contributed by atoms with van der Waals surface area (Å²) in [7, 11) is 1.68. The predicted octanol–water partition coefficient (Wildman–Crippen LogP) is 4.70. The quantitative estimate of drug-likeness (QED) is 0.595. The van der Waals surface area contributed by atoms with E-state index in [1.165, 1.54) is 4.88 Å². The maximum atomic E-state index is 5.92. The van der Waals surface area contributed by atoms with Crippen LogP contribution in [0, 0.1) is 0 Å². The second kappa shape index (κ2) is 6.38. The summed E-state index contributed by atoms with van der Waals surface area (Å²) < 4.78 is 8.68. The van der Waals surface area contributed by atoms with Crippen molar-refractivity contribution < 1.29 is 4.74 Å². The molecule has 0 radical (unpaired) electrons. The minimum atomic E-state index is 0.562. The highest BCUT2D eigenvalue weighted by Crippen LogP contribution is 2.28. The molecule has 0 saturated carbocycles. The second-order valence-electron chi connectivity index (χ2n) is 4.60. The van der Waals surface area contributed by atoms with Gasteiger partial charge in [-0.1, -0.05) is 0 Å². The third kappa shape index (κ3) is 2.96. The molecule has 1 aromatic carbocycles. The number of rotatable bonds is 5. The van der Waals surface area contributed by atoms with Crippen LogP contribution in [0.5, 0.6) is 5.75 Å². The predicted molar refractivity (Wildman–Crippen MR) is 91.8 cm³/mol. The van der Waals surface area contributed by atoms with Crippen LogP contribution in [0.3, 0.4) is 0 Å². The van der Waals surface area contributed by atoms with E-state index in [4.69, 9.17) is 21.3 Å². The zero-order valence-corrected chi connectivity index (χ0v) is 14.6. The van der Waals surface area contributed by atoms with Crippen LogP contribution in [-0.2, 0) is 13.0 Å². The minimum Gasteiger partial charge on any atom is -0.497 e. The second-order valence-corrected chi connectivity index (χ2v) is 6.83. The number of benzene rings is 1. The molecule has 2 aromatic heterocycles. The molecule has 0 bridgehead atoms. The van der Waals surface area contributed by atoms with Gasteiger partial charge in [0, 0.05) is 27.7 Å². The Bertz CT molecular complexity index is 768. The number of fused-ring (bicyclic) bond motifs is 1. The number of alkyl halides is 1. The Morgan fingerprint density at radius 2 is 2.24 bits per heavy atom. The lowest BCUT2D eigenvalue weighted by atomic mass is 10.3. The topological polar surface area (TPSA) is 27.1 Å². The molecule has 110 valence electrons. The minimum absolute atomic E-state index is 0.562. The van der Waals surface area contributed by atoms with E-state index < -0.39 is 0 Å². The maximum absolute atomic E-state index is 5.92. The van der Waals surface area contributed by atoms with E-state index in [-0.39, 0.29) is 0 Å². The van der Waals surface area contributed by atoms with E-state index in [0.717, 1.165) is 40.0 Å². The van der Waals surface area contributed by atoms with Gasteiger partial charge in [-0.15, -0.1) is 22.9 Å². The number of aromatic nitrogens is 2. The van der Waals surface area contributed by atoms with Gasteiger partial charge < -0.3 is 9.30 Å². The Hall–Kier alpha value is -1.04. The highest BCUT2D eigenvalue weighted by molar-refractivity contribution is 9.10. The van der Waals surface area contributed by atoms with Gasteiger partial charge in [0.05, 0.1) is 24.7 Å². The summed E-state index contributed by atoms with van der Waals surface area (Å²) in [5.41, 5.74) is 2.05. The number of aryl methyl sites for hydroxylation is 1. The molecule has 0 saturated heterocycles. The molecule has 0 aliphatic carbocycles. The number of ether oxygens (including phenoxy) is 1. The maximum Gasteiger partial charge on any atom is 0.121 e. The van der Waals surface area contributed by atoms with E-state index in [1.54, 1.807) is 18.4 Å². The van der Waals surface area contributed by atoms with Crippen molar-refractivity contribution in [1.82, 2.24) is 9.55 Å². The van der Waals surface area contributed by atoms with Crippen LogP contribution in [-0.4, -0.2) is 22.5 Å². The number of imidazole rings is 1. The van der Waals surface area contributed by atoms with Gasteiger partial charge in [-0.25, -0.2) is 4.98 Å². The molecule has 0 fully saturated rings. The van der Waals surface area contributed by atoms with Crippen molar-refractivity contribution in [2.75, 3.05) is 13.0 Å². The van der Waals surface area contributed by atoms with E-state index in [1.807, 2.05) is 18.2 Å². The highest BCUT2D eigenvalue weighted by Gasteiger charge is 2.13. The molecule has 3 aromatic rings. The molecule has 3 rings (SSSR count). The fraction of sp³-hybridized carbons (Fsp3) is 0.267. The average Bonchev–Trinajstić information content (AvgIpc) is 3.04. The summed E-state index contributed by atoms with van der Waals surface area (Å²) in [5, 5.41) is 2.08. The Morgan fingerprint density at radius 3 is 2.90 bits per heavy atom. The molecule has 2 heterocycles. The number of hydrogen-bond donors (Lipinski definition) is 0. The number of hydrogen-bond acceptors (Lipinski definition) is 3. The first-order valence-electron chi connectivity index (χ1n) is 6.54. The first kappa shape index (κ1) is 14.9. The molecule has 3 nitrogen and oxygen atoms in total.